The summed E-state index contributed by atoms with van der Waals surface area (Å²) in [6.45, 7) is 0. The van der Waals surface area contributed by atoms with Crippen molar-refractivity contribution in [2.45, 2.75) is 43.5 Å². The van der Waals surface area contributed by atoms with Gasteiger partial charge in [0.25, 0.3) is 5.91 Å². The first kappa shape index (κ1) is 14.4. The standard InChI is InChI=1S/C12H14Cl3NOS/c13-8-4-2-1-3-5-9(8)16-12(17)7-6-10(14)18-11(7)15/h6,8-9H,1-5H2,(H,16,17). The molecule has 0 spiro atoms. The van der Waals surface area contributed by atoms with E-state index in [1.807, 2.05) is 0 Å². The fourth-order valence-corrected chi connectivity index (χ4v) is 3.97. The molecule has 1 aromatic rings. The summed E-state index contributed by atoms with van der Waals surface area (Å²) in [7, 11) is 0. The van der Waals surface area contributed by atoms with Crippen molar-refractivity contribution < 1.29 is 4.79 Å². The average Bonchev–Trinajstić information content (AvgIpc) is 2.52. The molecule has 1 aliphatic rings. The molecule has 0 saturated heterocycles. The summed E-state index contributed by atoms with van der Waals surface area (Å²) >= 11 is 19.3. The van der Waals surface area contributed by atoms with Crippen LogP contribution in [0.2, 0.25) is 8.67 Å². The van der Waals surface area contributed by atoms with Gasteiger partial charge < -0.3 is 5.32 Å². The molecule has 6 heteroatoms. The smallest absolute Gasteiger partial charge is 0.253 e. The molecule has 1 aromatic heterocycles. The SMILES string of the molecule is O=C(NC1CCCCCC1Cl)c1cc(Cl)sc1Cl. The van der Waals surface area contributed by atoms with Crippen LogP contribution in [0.3, 0.4) is 0 Å². The molecule has 1 N–H and O–H groups in total. The number of alkyl halides is 1. The van der Waals surface area contributed by atoms with Gasteiger partial charge in [0.05, 0.1) is 15.3 Å². The molecule has 100 valence electrons. The maximum atomic E-state index is 12.1. The quantitative estimate of drug-likeness (QED) is 0.618. The summed E-state index contributed by atoms with van der Waals surface area (Å²) in [6.07, 6.45) is 5.29. The van der Waals surface area contributed by atoms with Crippen molar-refractivity contribution in [3.63, 3.8) is 0 Å². The number of carbonyl (C=O) groups excluding carboxylic acids is 1. The fraction of sp³-hybridized carbons (Fsp3) is 0.583. The van der Waals surface area contributed by atoms with Crippen LogP contribution in [0.4, 0.5) is 0 Å². The second-order valence-electron chi connectivity index (χ2n) is 4.47. The topological polar surface area (TPSA) is 29.1 Å². The van der Waals surface area contributed by atoms with Crippen LogP contribution < -0.4 is 5.32 Å². The number of halogens is 3. The minimum atomic E-state index is -0.180. The van der Waals surface area contributed by atoms with Gasteiger partial charge in [-0.3, -0.25) is 4.79 Å². The highest BCUT2D eigenvalue weighted by molar-refractivity contribution is 7.20. The molecule has 1 aliphatic carbocycles. The van der Waals surface area contributed by atoms with Gasteiger partial charge in [-0.2, -0.15) is 0 Å². The fourth-order valence-electron chi connectivity index (χ4n) is 2.17. The van der Waals surface area contributed by atoms with Crippen molar-refractivity contribution in [3.05, 3.63) is 20.3 Å². The first-order valence-electron chi connectivity index (χ1n) is 5.97. The van der Waals surface area contributed by atoms with Crippen LogP contribution >= 0.6 is 46.1 Å². The molecular weight excluding hydrogens is 313 g/mol. The van der Waals surface area contributed by atoms with E-state index < -0.39 is 0 Å². The minimum absolute atomic E-state index is 0.00401. The summed E-state index contributed by atoms with van der Waals surface area (Å²) in [5, 5.41) is 2.98. The molecule has 2 rings (SSSR count). The van der Waals surface area contributed by atoms with Crippen LogP contribution in [0.25, 0.3) is 0 Å². The highest BCUT2D eigenvalue weighted by atomic mass is 35.5. The van der Waals surface area contributed by atoms with Gasteiger partial charge in [0.1, 0.15) is 4.34 Å². The lowest BCUT2D eigenvalue weighted by Gasteiger charge is -2.20. The van der Waals surface area contributed by atoms with E-state index in [1.165, 1.54) is 17.8 Å². The highest BCUT2D eigenvalue weighted by Gasteiger charge is 2.25. The summed E-state index contributed by atoms with van der Waals surface area (Å²) < 4.78 is 0.950. The lowest BCUT2D eigenvalue weighted by Crippen LogP contribution is -2.40. The van der Waals surface area contributed by atoms with E-state index in [1.54, 1.807) is 6.07 Å². The molecule has 0 bridgehead atoms. The van der Waals surface area contributed by atoms with Gasteiger partial charge in [0, 0.05) is 6.04 Å². The van der Waals surface area contributed by atoms with Gasteiger partial charge in [0.2, 0.25) is 0 Å². The Kier molecular flexibility index (Phi) is 5.19. The van der Waals surface area contributed by atoms with Gasteiger partial charge in [0.15, 0.2) is 0 Å². The molecule has 0 aromatic carbocycles. The lowest BCUT2D eigenvalue weighted by molar-refractivity contribution is 0.0934. The first-order valence-corrected chi connectivity index (χ1v) is 7.98. The van der Waals surface area contributed by atoms with Gasteiger partial charge in [-0.1, -0.05) is 42.5 Å². The zero-order valence-electron chi connectivity index (χ0n) is 9.72. The molecule has 1 amide bonds. The van der Waals surface area contributed by atoms with Crippen molar-refractivity contribution in [3.8, 4) is 0 Å². The van der Waals surface area contributed by atoms with Crippen LogP contribution in [0.15, 0.2) is 6.07 Å². The summed E-state index contributed by atoms with van der Waals surface area (Å²) in [6, 6.07) is 1.63. The van der Waals surface area contributed by atoms with E-state index in [4.69, 9.17) is 34.8 Å². The Bertz CT molecular complexity index is 435. The third-order valence-electron chi connectivity index (χ3n) is 3.15. The molecule has 18 heavy (non-hydrogen) atoms. The Balaban J connectivity index is 2.04. The lowest BCUT2D eigenvalue weighted by atomic mass is 10.1. The largest absolute Gasteiger partial charge is 0.348 e. The zero-order chi connectivity index (χ0) is 13.1. The van der Waals surface area contributed by atoms with E-state index in [9.17, 15) is 4.79 Å². The van der Waals surface area contributed by atoms with E-state index in [0.29, 0.717) is 14.2 Å². The van der Waals surface area contributed by atoms with Gasteiger partial charge >= 0.3 is 0 Å². The number of hydrogen-bond donors (Lipinski definition) is 1. The van der Waals surface area contributed by atoms with Gasteiger partial charge in [-0.25, -0.2) is 0 Å². The second-order valence-corrected chi connectivity index (χ2v) is 7.32. The van der Waals surface area contributed by atoms with Crippen molar-refractivity contribution in [1.29, 1.82) is 0 Å². The monoisotopic (exact) mass is 325 g/mol. The van der Waals surface area contributed by atoms with E-state index >= 15 is 0 Å². The first-order chi connectivity index (χ1) is 8.58. The van der Waals surface area contributed by atoms with Crippen molar-refractivity contribution in [2.75, 3.05) is 0 Å². The Morgan fingerprint density at radius 1 is 1.28 bits per heavy atom. The third-order valence-corrected chi connectivity index (χ3v) is 5.16. The molecule has 0 radical (unpaired) electrons. The Hall–Kier alpha value is 0.0400. The van der Waals surface area contributed by atoms with Crippen molar-refractivity contribution in [1.82, 2.24) is 5.32 Å². The number of amides is 1. The number of carbonyl (C=O) groups is 1. The van der Waals surface area contributed by atoms with Gasteiger partial charge in [-0.05, 0) is 18.9 Å². The highest BCUT2D eigenvalue weighted by Crippen LogP contribution is 2.31. The Morgan fingerprint density at radius 3 is 2.67 bits per heavy atom. The molecule has 2 nitrogen and oxygen atoms in total. The van der Waals surface area contributed by atoms with E-state index in [-0.39, 0.29) is 17.3 Å². The van der Waals surface area contributed by atoms with Crippen LogP contribution in [0.5, 0.6) is 0 Å². The molecule has 1 saturated carbocycles. The maximum Gasteiger partial charge on any atom is 0.253 e. The van der Waals surface area contributed by atoms with Crippen molar-refractivity contribution >= 4 is 52.0 Å². The summed E-state index contributed by atoms with van der Waals surface area (Å²) in [5.41, 5.74) is 0.444. The number of rotatable bonds is 2. The predicted octanol–water partition coefficient (Wildman–Crippen LogP) is 4.72. The molecule has 2 unspecified atom stereocenters. The zero-order valence-corrected chi connectivity index (χ0v) is 12.8. The Morgan fingerprint density at radius 2 is 2.00 bits per heavy atom. The van der Waals surface area contributed by atoms with Crippen LogP contribution in [-0.2, 0) is 0 Å². The van der Waals surface area contributed by atoms with Crippen molar-refractivity contribution in [2.24, 2.45) is 0 Å². The Labute approximate surface area is 126 Å². The summed E-state index contributed by atoms with van der Waals surface area (Å²) in [5.74, 6) is -0.180. The second kappa shape index (κ2) is 6.47. The molecular formula is C12H14Cl3NOS. The molecule has 1 heterocycles. The van der Waals surface area contributed by atoms with E-state index in [2.05, 4.69) is 5.32 Å². The normalized spacial score (nSPS) is 24.6. The number of hydrogen-bond acceptors (Lipinski definition) is 2. The number of thiophene rings is 1. The molecule has 0 aliphatic heterocycles. The number of nitrogens with one attached hydrogen (secondary N) is 1. The molecule has 1 fully saturated rings. The predicted molar refractivity (Wildman–Crippen MR) is 78.3 cm³/mol. The average molecular weight is 327 g/mol. The maximum absolute atomic E-state index is 12.1. The third kappa shape index (κ3) is 3.53. The van der Waals surface area contributed by atoms with Crippen LogP contribution in [0, 0.1) is 0 Å². The van der Waals surface area contributed by atoms with E-state index in [0.717, 1.165) is 25.7 Å². The van der Waals surface area contributed by atoms with Gasteiger partial charge in [-0.15, -0.1) is 22.9 Å². The summed E-state index contributed by atoms with van der Waals surface area (Å²) in [4.78, 5) is 12.1. The van der Waals surface area contributed by atoms with Crippen LogP contribution in [0.1, 0.15) is 42.5 Å². The minimum Gasteiger partial charge on any atom is -0.348 e. The van der Waals surface area contributed by atoms with Crippen LogP contribution in [-0.4, -0.2) is 17.3 Å². The molecule has 2 atom stereocenters.